The van der Waals surface area contributed by atoms with Gasteiger partial charge < -0.3 is 15.3 Å². The first-order valence-electron chi connectivity index (χ1n) is 8.37. The van der Waals surface area contributed by atoms with Gasteiger partial charge in [0.2, 0.25) is 5.91 Å². The summed E-state index contributed by atoms with van der Waals surface area (Å²) in [7, 11) is 1.63. The number of benzene rings is 2. The molecule has 7 heteroatoms. The van der Waals surface area contributed by atoms with Gasteiger partial charge in [0.15, 0.2) is 0 Å². The van der Waals surface area contributed by atoms with Crippen molar-refractivity contribution in [2.75, 3.05) is 12.4 Å². The van der Waals surface area contributed by atoms with Gasteiger partial charge in [-0.25, -0.2) is 4.79 Å². The van der Waals surface area contributed by atoms with E-state index in [-0.39, 0.29) is 40.4 Å². The molecule has 0 saturated carbocycles. The summed E-state index contributed by atoms with van der Waals surface area (Å²) in [5.74, 6) is -1.64. The summed E-state index contributed by atoms with van der Waals surface area (Å²) in [5.41, 5.74) is 1.75. The van der Waals surface area contributed by atoms with Gasteiger partial charge in [0.1, 0.15) is 0 Å². The van der Waals surface area contributed by atoms with Crippen LogP contribution in [0.2, 0.25) is 5.02 Å². The number of halogens is 1. The number of aromatic carboxylic acids is 1. The van der Waals surface area contributed by atoms with Gasteiger partial charge in [-0.15, -0.1) is 0 Å². The molecule has 0 radical (unpaired) electrons. The highest BCUT2D eigenvalue weighted by Gasteiger charge is 2.17. The predicted octanol–water partition coefficient (Wildman–Crippen LogP) is 3.90. The Morgan fingerprint density at radius 3 is 2.30 bits per heavy atom. The molecule has 0 heterocycles. The standard InChI is InChI=1S/C20H21ClN2O4/c1-12(2)18(24)22-15-8-9-17(21)16(10-15)19(25)23(3)11-13-4-6-14(7-5-13)20(26)27/h4-10,12H,11H2,1-3H3,(H,22,24)(H,26,27). The lowest BCUT2D eigenvalue weighted by atomic mass is 10.1. The second-order valence-electron chi connectivity index (χ2n) is 6.50. The lowest BCUT2D eigenvalue weighted by Crippen LogP contribution is -2.26. The van der Waals surface area contributed by atoms with E-state index < -0.39 is 5.97 Å². The Hall–Kier alpha value is -2.86. The van der Waals surface area contributed by atoms with Crippen molar-refractivity contribution >= 4 is 35.1 Å². The number of amides is 2. The van der Waals surface area contributed by atoms with Crippen molar-refractivity contribution in [3.05, 3.63) is 64.2 Å². The van der Waals surface area contributed by atoms with Gasteiger partial charge in [-0.1, -0.05) is 37.6 Å². The van der Waals surface area contributed by atoms with Gasteiger partial charge in [-0.3, -0.25) is 9.59 Å². The summed E-state index contributed by atoms with van der Waals surface area (Å²) in [6.07, 6.45) is 0. The van der Waals surface area contributed by atoms with Crippen molar-refractivity contribution in [3.8, 4) is 0 Å². The van der Waals surface area contributed by atoms with Crippen molar-refractivity contribution < 1.29 is 19.5 Å². The molecule has 2 rings (SSSR count). The van der Waals surface area contributed by atoms with Crippen LogP contribution in [0.25, 0.3) is 0 Å². The zero-order valence-corrected chi connectivity index (χ0v) is 16.1. The highest BCUT2D eigenvalue weighted by molar-refractivity contribution is 6.34. The van der Waals surface area contributed by atoms with Crippen LogP contribution in [0, 0.1) is 5.92 Å². The summed E-state index contributed by atoms with van der Waals surface area (Å²) in [5, 5.41) is 12.0. The third-order valence-corrected chi connectivity index (χ3v) is 4.29. The van der Waals surface area contributed by atoms with Crippen LogP contribution in [0.15, 0.2) is 42.5 Å². The van der Waals surface area contributed by atoms with E-state index in [1.54, 1.807) is 51.2 Å². The average Bonchev–Trinajstić information content (AvgIpc) is 2.62. The molecule has 2 aromatic rings. The van der Waals surface area contributed by atoms with Crippen molar-refractivity contribution in [1.82, 2.24) is 4.90 Å². The number of anilines is 1. The van der Waals surface area contributed by atoms with Crippen LogP contribution in [0.4, 0.5) is 5.69 Å². The fourth-order valence-corrected chi connectivity index (χ4v) is 2.56. The summed E-state index contributed by atoms with van der Waals surface area (Å²) < 4.78 is 0. The summed E-state index contributed by atoms with van der Waals surface area (Å²) in [6, 6.07) is 11.1. The minimum Gasteiger partial charge on any atom is -0.478 e. The first-order chi connectivity index (χ1) is 12.7. The maximum absolute atomic E-state index is 12.8. The summed E-state index contributed by atoms with van der Waals surface area (Å²) in [6.45, 7) is 3.85. The smallest absolute Gasteiger partial charge is 0.335 e. The molecule has 2 N–H and O–H groups in total. The number of rotatable bonds is 6. The first kappa shape index (κ1) is 20.5. The molecule has 0 atom stereocenters. The second-order valence-corrected chi connectivity index (χ2v) is 6.91. The van der Waals surface area contributed by atoms with Crippen molar-refractivity contribution in [2.45, 2.75) is 20.4 Å². The number of carbonyl (C=O) groups excluding carboxylic acids is 2. The Morgan fingerprint density at radius 1 is 1.11 bits per heavy atom. The Morgan fingerprint density at radius 2 is 1.74 bits per heavy atom. The maximum Gasteiger partial charge on any atom is 0.335 e. The fraction of sp³-hybridized carbons (Fsp3) is 0.250. The number of nitrogens with zero attached hydrogens (tertiary/aromatic N) is 1. The number of hydrogen-bond donors (Lipinski definition) is 2. The SMILES string of the molecule is CC(C)C(=O)Nc1ccc(Cl)c(C(=O)N(C)Cc2ccc(C(=O)O)cc2)c1. The average molecular weight is 389 g/mol. The molecule has 0 aliphatic heterocycles. The molecular weight excluding hydrogens is 368 g/mol. The molecule has 0 unspecified atom stereocenters. The monoisotopic (exact) mass is 388 g/mol. The Balaban J connectivity index is 2.15. The van der Waals surface area contributed by atoms with E-state index in [0.717, 1.165) is 5.56 Å². The highest BCUT2D eigenvalue weighted by Crippen LogP contribution is 2.23. The van der Waals surface area contributed by atoms with Crippen LogP contribution in [0.5, 0.6) is 0 Å². The molecule has 2 aromatic carbocycles. The largest absolute Gasteiger partial charge is 0.478 e. The van der Waals surface area contributed by atoms with Crippen molar-refractivity contribution in [2.24, 2.45) is 5.92 Å². The molecule has 0 bridgehead atoms. The van der Waals surface area contributed by atoms with Gasteiger partial charge in [-0.2, -0.15) is 0 Å². The quantitative estimate of drug-likeness (QED) is 0.785. The predicted molar refractivity (Wildman–Crippen MR) is 104 cm³/mol. The van der Waals surface area contributed by atoms with Gasteiger partial charge in [0.25, 0.3) is 5.91 Å². The van der Waals surface area contributed by atoms with E-state index in [9.17, 15) is 14.4 Å². The van der Waals surface area contributed by atoms with E-state index in [4.69, 9.17) is 16.7 Å². The minimum absolute atomic E-state index is 0.150. The molecule has 0 aliphatic carbocycles. The van der Waals surface area contributed by atoms with Gasteiger partial charge in [-0.05, 0) is 35.9 Å². The molecule has 142 valence electrons. The molecule has 0 saturated heterocycles. The summed E-state index contributed by atoms with van der Waals surface area (Å²) >= 11 is 6.17. The molecule has 0 aliphatic rings. The maximum atomic E-state index is 12.8. The van der Waals surface area contributed by atoms with Crippen LogP contribution >= 0.6 is 11.6 Å². The molecule has 2 amide bonds. The number of hydrogen-bond acceptors (Lipinski definition) is 3. The van der Waals surface area contributed by atoms with Crippen LogP contribution in [-0.4, -0.2) is 34.8 Å². The molecule has 6 nitrogen and oxygen atoms in total. The number of carboxylic acids is 1. The molecule has 0 aromatic heterocycles. The van der Waals surface area contributed by atoms with Gasteiger partial charge in [0, 0.05) is 25.2 Å². The molecule has 0 fully saturated rings. The van der Waals surface area contributed by atoms with Crippen LogP contribution < -0.4 is 5.32 Å². The third kappa shape index (κ3) is 5.31. The van der Waals surface area contributed by atoms with Crippen LogP contribution in [0.3, 0.4) is 0 Å². The fourth-order valence-electron chi connectivity index (χ4n) is 2.36. The highest BCUT2D eigenvalue weighted by atomic mass is 35.5. The number of nitrogens with one attached hydrogen (secondary N) is 1. The molecule has 27 heavy (non-hydrogen) atoms. The topological polar surface area (TPSA) is 86.7 Å². The number of carboxylic acid groups (broad SMARTS) is 1. The Labute approximate surface area is 162 Å². The van der Waals surface area contributed by atoms with Crippen LogP contribution in [0.1, 0.15) is 40.1 Å². The molecule has 0 spiro atoms. The molecular formula is C20H21ClN2O4. The normalized spacial score (nSPS) is 10.6. The van der Waals surface area contributed by atoms with Crippen molar-refractivity contribution in [1.29, 1.82) is 0 Å². The Bertz CT molecular complexity index is 863. The number of carbonyl (C=O) groups is 3. The third-order valence-electron chi connectivity index (χ3n) is 3.96. The zero-order valence-electron chi connectivity index (χ0n) is 15.3. The minimum atomic E-state index is -1.00. The van der Waals surface area contributed by atoms with E-state index in [1.807, 2.05) is 0 Å². The van der Waals surface area contributed by atoms with Crippen molar-refractivity contribution in [3.63, 3.8) is 0 Å². The first-order valence-corrected chi connectivity index (χ1v) is 8.75. The van der Waals surface area contributed by atoms with Gasteiger partial charge >= 0.3 is 5.97 Å². The summed E-state index contributed by atoms with van der Waals surface area (Å²) in [4.78, 5) is 37.0. The lowest BCUT2D eigenvalue weighted by molar-refractivity contribution is -0.118. The second kappa shape index (κ2) is 8.68. The van der Waals surface area contributed by atoms with E-state index in [0.29, 0.717) is 5.69 Å². The van der Waals surface area contributed by atoms with E-state index in [2.05, 4.69) is 5.32 Å². The van der Waals surface area contributed by atoms with Gasteiger partial charge in [0.05, 0.1) is 16.1 Å². The van der Waals surface area contributed by atoms with E-state index in [1.165, 1.54) is 17.0 Å². The zero-order chi connectivity index (χ0) is 20.1. The van der Waals surface area contributed by atoms with E-state index >= 15 is 0 Å². The van der Waals surface area contributed by atoms with Crippen LogP contribution in [-0.2, 0) is 11.3 Å². The lowest BCUT2D eigenvalue weighted by Gasteiger charge is -2.19. The Kier molecular flexibility index (Phi) is 6.58.